The van der Waals surface area contributed by atoms with E-state index in [1.807, 2.05) is 6.92 Å². The number of rotatable bonds is 8. The number of carbonyl (C=O) groups excluding carboxylic acids is 2. The van der Waals surface area contributed by atoms with Crippen LogP contribution in [-0.4, -0.2) is 66.7 Å². The van der Waals surface area contributed by atoms with E-state index in [9.17, 15) is 32.7 Å². The van der Waals surface area contributed by atoms with Crippen molar-refractivity contribution in [3.05, 3.63) is 45.5 Å². The van der Waals surface area contributed by atoms with Crippen LogP contribution in [0, 0.1) is 5.92 Å². The number of hydrogen-bond donors (Lipinski definition) is 1. The highest BCUT2D eigenvalue weighted by atomic mass is 35.5. The third-order valence-electron chi connectivity index (χ3n) is 8.60. The number of fused-ring (bicyclic) bond motifs is 2. The van der Waals surface area contributed by atoms with Crippen molar-refractivity contribution in [3.8, 4) is 0 Å². The molecule has 222 valence electrons. The highest BCUT2D eigenvalue weighted by Crippen LogP contribution is 2.51. The van der Waals surface area contributed by atoms with E-state index in [-0.39, 0.29) is 53.4 Å². The molecule has 2 bridgehead atoms. The van der Waals surface area contributed by atoms with Gasteiger partial charge in [0.05, 0.1) is 63.6 Å². The van der Waals surface area contributed by atoms with Crippen LogP contribution in [0.4, 0.5) is 13.2 Å². The molecule has 9 nitrogen and oxygen atoms in total. The largest absolute Gasteiger partial charge is 0.481 e. The summed E-state index contributed by atoms with van der Waals surface area (Å²) in [5, 5.41) is 13.2. The number of nitrogens with zero attached hydrogens (tertiary/aromatic N) is 4. The molecule has 1 amide bonds. The molecule has 1 aliphatic carbocycles. The van der Waals surface area contributed by atoms with Crippen LogP contribution < -0.4 is 0 Å². The van der Waals surface area contributed by atoms with E-state index in [1.54, 1.807) is 0 Å². The Balaban J connectivity index is 1.49. The zero-order chi connectivity index (χ0) is 29.7. The van der Waals surface area contributed by atoms with Crippen molar-refractivity contribution >= 4 is 40.9 Å². The predicted molar refractivity (Wildman–Crippen MR) is 141 cm³/mol. The van der Waals surface area contributed by atoms with Crippen molar-refractivity contribution in [2.45, 2.75) is 81.7 Å². The van der Waals surface area contributed by atoms with Gasteiger partial charge < -0.3 is 14.7 Å². The van der Waals surface area contributed by atoms with Crippen LogP contribution in [0.2, 0.25) is 10.0 Å². The molecule has 0 radical (unpaired) electrons. The molecule has 0 spiro atoms. The first kappa shape index (κ1) is 29.8. The number of aromatic nitrogens is 3. The van der Waals surface area contributed by atoms with E-state index in [2.05, 4.69) is 10.1 Å². The van der Waals surface area contributed by atoms with E-state index in [0.717, 1.165) is 28.6 Å². The summed E-state index contributed by atoms with van der Waals surface area (Å²) in [6.45, 7) is 1.27. The van der Waals surface area contributed by atoms with Crippen LogP contribution in [-0.2, 0) is 15.7 Å². The zero-order valence-corrected chi connectivity index (χ0v) is 23.7. The summed E-state index contributed by atoms with van der Waals surface area (Å²) in [5.41, 5.74) is -3.16. The lowest BCUT2D eigenvalue weighted by Gasteiger charge is -2.33. The number of hydrogen-bond acceptors (Lipinski definition) is 6. The van der Waals surface area contributed by atoms with Gasteiger partial charge in [0.1, 0.15) is 0 Å². The van der Waals surface area contributed by atoms with E-state index >= 15 is 0 Å². The average molecular weight is 617 g/mol. The molecule has 0 unspecified atom stereocenters. The Morgan fingerprint density at radius 3 is 2.20 bits per heavy atom. The standard InChI is InChI=1S/C27H29Cl2F3N4O5/c1-25-6-8-26(41-25,9-7-25)14-35(13-20(37)21-18(28)11-33-12-19(21)29)23(38)17-10-34-36(22(17)27(30,31)32)16-4-2-15(3-5-16)24(39)40/h10-12,15-16H,2-9,13-14H2,1H3,(H,39,40). The van der Waals surface area contributed by atoms with Crippen LogP contribution in [0.3, 0.4) is 0 Å². The van der Waals surface area contributed by atoms with Gasteiger partial charge in [0, 0.05) is 12.4 Å². The number of carbonyl (C=O) groups is 3. The molecule has 4 heterocycles. The first-order valence-corrected chi connectivity index (χ1v) is 14.2. The Kier molecular flexibility index (Phi) is 7.88. The molecule has 2 aromatic rings. The number of pyridine rings is 1. The Labute approximate surface area is 243 Å². The van der Waals surface area contributed by atoms with Crippen LogP contribution >= 0.6 is 23.2 Å². The van der Waals surface area contributed by atoms with Gasteiger partial charge in [0.2, 0.25) is 0 Å². The maximum absolute atomic E-state index is 14.5. The third-order valence-corrected chi connectivity index (χ3v) is 9.17. The van der Waals surface area contributed by atoms with Crippen LogP contribution in [0.1, 0.15) is 90.7 Å². The Morgan fingerprint density at radius 1 is 1.07 bits per heavy atom. The van der Waals surface area contributed by atoms with Gasteiger partial charge in [-0.2, -0.15) is 18.3 Å². The van der Waals surface area contributed by atoms with Crippen LogP contribution in [0.15, 0.2) is 18.6 Å². The van der Waals surface area contributed by atoms with Crippen LogP contribution in [0.5, 0.6) is 0 Å². The highest BCUT2D eigenvalue weighted by Gasteiger charge is 2.54. The number of alkyl halides is 3. The molecule has 2 saturated heterocycles. The monoisotopic (exact) mass is 616 g/mol. The average Bonchev–Trinajstić information content (AvgIpc) is 3.58. The summed E-state index contributed by atoms with van der Waals surface area (Å²) < 4.78 is 50.6. The third kappa shape index (κ3) is 5.83. The molecule has 3 aliphatic rings. The van der Waals surface area contributed by atoms with Gasteiger partial charge >= 0.3 is 12.1 Å². The maximum Gasteiger partial charge on any atom is 0.433 e. The first-order valence-electron chi connectivity index (χ1n) is 13.4. The van der Waals surface area contributed by atoms with E-state index in [0.29, 0.717) is 12.8 Å². The van der Waals surface area contributed by atoms with Crippen LogP contribution in [0.25, 0.3) is 0 Å². The van der Waals surface area contributed by atoms with Gasteiger partial charge in [-0.3, -0.25) is 24.0 Å². The van der Waals surface area contributed by atoms with Gasteiger partial charge in [-0.1, -0.05) is 23.2 Å². The summed E-state index contributed by atoms with van der Waals surface area (Å²) in [5.74, 6) is -3.29. The molecule has 1 N–H and O–H groups in total. The van der Waals surface area contributed by atoms with Crippen molar-refractivity contribution < 1.29 is 37.4 Å². The fourth-order valence-electron chi connectivity index (χ4n) is 6.44. The van der Waals surface area contributed by atoms with Gasteiger partial charge in [-0.25, -0.2) is 0 Å². The number of halogens is 5. The molecule has 14 heteroatoms. The minimum Gasteiger partial charge on any atom is -0.481 e. The van der Waals surface area contributed by atoms with Gasteiger partial charge in [0.25, 0.3) is 5.91 Å². The van der Waals surface area contributed by atoms with E-state index in [4.69, 9.17) is 27.9 Å². The number of aliphatic carboxylic acids is 1. The second kappa shape index (κ2) is 10.9. The van der Waals surface area contributed by atoms with Gasteiger partial charge in [0.15, 0.2) is 11.5 Å². The fraction of sp³-hybridized carbons (Fsp3) is 0.593. The number of ketones is 1. The highest BCUT2D eigenvalue weighted by molar-refractivity contribution is 6.39. The molecule has 5 rings (SSSR count). The van der Waals surface area contributed by atoms with Crippen molar-refractivity contribution in [1.82, 2.24) is 19.7 Å². The Bertz CT molecular complexity index is 1340. The minimum atomic E-state index is -4.94. The number of carboxylic acid groups (broad SMARTS) is 1. The Morgan fingerprint density at radius 2 is 1.68 bits per heavy atom. The summed E-state index contributed by atoms with van der Waals surface area (Å²) >= 11 is 12.3. The number of carboxylic acids is 1. The molecule has 1 saturated carbocycles. The molecular weight excluding hydrogens is 588 g/mol. The molecular formula is C27H29Cl2F3N4O5. The smallest absolute Gasteiger partial charge is 0.433 e. The lowest BCUT2D eigenvalue weighted by atomic mass is 9.82. The van der Waals surface area contributed by atoms with Crippen molar-refractivity contribution in [1.29, 1.82) is 0 Å². The zero-order valence-electron chi connectivity index (χ0n) is 22.2. The Hall–Kier alpha value is -2.70. The lowest BCUT2D eigenvalue weighted by molar-refractivity contribution is -0.147. The number of Topliss-reactive ketones (excluding diaryl/α,β-unsaturated/α-hetero) is 1. The van der Waals surface area contributed by atoms with Crippen molar-refractivity contribution in [3.63, 3.8) is 0 Å². The van der Waals surface area contributed by atoms with E-state index in [1.165, 1.54) is 12.4 Å². The fourth-order valence-corrected chi connectivity index (χ4v) is 7.02. The number of amides is 1. The van der Waals surface area contributed by atoms with Gasteiger partial charge in [-0.15, -0.1) is 0 Å². The second-order valence-corrected chi connectivity index (χ2v) is 12.3. The predicted octanol–water partition coefficient (Wildman–Crippen LogP) is 5.85. The molecule has 0 aromatic carbocycles. The SMILES string of the molecule is CC12CCC(CN(CC(=O)c3c(Cl)cncc3Cl)C(=O)c3cnn(C4CCC(C(=O)O)CC4)c3C(F)(F)F)(CC1)O2. The first-order chi connectivity index (χ1) is 19.2. The summed E-state index contributed by atoms with van der Waals surface area (Å²) in [6.07, 6.45) is 1.78. The van der Waals surface area contributed by atoms with E-state index < -0.39 is 59.2 Å². The lowest BCUT2D eigenvalue weighted by Crippen LogP contribution is -2.47. The van der Waals surface area contributed by atoms with Crippen molar-refractivity contribution in [2.75, 3.05) is 13.1 Å². The molecule has 0 atom stereocenters. The summed E-state index contributed by atoms with van der Waals surface area (Å²) in [4.78, 5) is 43.5. The second-order valence-electron chi connectivity index (χ2n) is 11.5. The molecule has 3 fully saturated rings. The summed E-state index contributed by atoms with van der Waals surface area (Å²) in [7, 11) is 0. The van der Waals surface area contributed by atoms with Gasteiger partial charge in [-0.05, 0) is 58.3 Å². The van der Waals surface area contributed by atoms with Crippen molar-refractivity contribution in [2.24, 2.45) is 5.92 Å². The topological polar surface area (TPSA) is 115 Å². The molecule has 2 aliphatic heterocycles. The summed E-state index contributed by atoms with van der Waals surface area (Å²) in [6, 6.07) is -0.722. The number of ether oxygens (including phenoxy) is 1. The maximum atomic E-state index is 14.5. The quantitative estimate of drug-likeness (QED) is 0.370. The normalized spacial score (nSPS) is 27.7. The minimum absolute atomic E-state index is 0.0422. The molecule has 2 aromatic heterocycles. The molecule has 41 heavy (non-hydrogen) atoms.